The van der Waals surface area contributed by atoms with Gasteiger partial charge in [-0.15, -0.1) is 0 Å². The number of halogens is 3. The van der Waals surface area contributed by atoms with E-state index in [9.17, 15) is 17.4 Å². The molecule has 1 heterocycles. The number of benzene rings is 1. The fourth-order valence-corrected chi connectivity index (χ4v) is 2.63. The van der Waals surface area contributed by atoms with Gasteiger partial charge in [0.05, 0.1) is 22.1 Å². The zero-order valence-corrected chi connectivity index (χ0v) is 11.5. The minimum Gasteiger partial charge on any atom is -0.252 e. The maximum atomic E-state index is 12.4. The molecule has 1 atom stereocenters. The average Bonchev–Trinajstić information content (AvgIpc) is 2.40. The van der Waals surface area contributed by atoms with Gasteiger partial charge in [0.15, 0.2) is 0 Å². The number of alkyl halides is 3. The second-order valence-electron chi connectivity index (χ2n) is 4.36. The van der Waals surface area contributed by atoms with E-state index in [4.69, 9.17) is 0 Å². The fourth-order valence-electron chi connectivity index (χ4n) is 1.59. The monoisotopic (exact) mass is 299 g/mol. The quantitative estimate of drug-likeness (QED) is 0.864. The Bertz CT molecular complexity index is 606. The van der Waals surface area contributed by atoms with E-state index in [2.05, 4.69) is 4.98 Å². The second-order valence-corrected chi connectivity index (χ2v) is 5.76. The highest BCUT2D eigenvalue weighted by Gasteiger charge is 2.30. The second kappa shape index (κ2) is 5.75. The van der Waals surface area contributed by atoms with E-state index in [1.54, 1.807) is 0 Å². The van der Waals surface area contributed by atoms with Crippen LogP contribution < -0.4 is 0 Å². The molecule has 0 N–H and O–H groups in total. The van der Waals surface area contributed by atoms with Crippen molar-refractivity contribution in [2.75, 3.05) is 0 Å². The van der Waals surface area contributed by atoms with Crippen molar-refractivity contribution in [3.8, 4) is 0 Å². The van der Waals surface area contributed by atoms with E-state index in [-0.39, 0.29) is 10.8 Å². The van der Waals surface area contributed by atoms with Crippen molar-refractivity contribution in [2.24, 2.45) is 0 Å². The molecule has 2 rings (SSSR count). The molecule has 1 unspecified atom stereocenters. The smallest absolute Gasteiger partial charge is 0.252 e. The lowest BCUT2D eigenvalue weighted by molar-refractivity contribution is -0.137. The number of nitrogens with zero attached hydrogens (tertiary/aromatic N) is 1. The normalized spacial score (nSPS) is 13.2. The number of hydrogen-bond donors (Lipinski definition) is 0. The van der Waals surface area contributed by atoms with Crippen molar-refractivity contribution in [2.45, 2.75) is 23.9 Å². The van der Waals surface area contributed by atoms with Crippen LogP contribution in [0.4, 0.5) is 13.2 Å². The van der Waals surface area contributed by atoms with Crippen molar-refractivity contribution in [3.63, 3.8) is 0 Å². The Morgan fingerprint density at radius 2 is 1.75 bits per heavy atom. The molecule has 0 saturated heterocycles. The van der Waals surface area contributed by atoms with E-state index in [0.29, 0.717) is 6.20 Å². The number of hydrogen-bond acceptors (Lipinski definition) is 2. The Hall–Kier alpha value is -1.69. The first-order valence-electron chi connectivity index (χ1n) is 5.83. The van der Waals surface area contributed by atoms with Crippen molar-refractivity contribution < 1.29 is 17.4 Å². The summed E-state index contributed by atoms with van der Waals surface area (Å²) in [6.07, 6.45) is -3.72. The van der Waals surface area contributed by atoms with Crippen LogP contribution in [0.1, 0.15) is 16.7 Å². The zero-order chi connectivity index (χ0) is 14.8. The highest BCUT2D eigenvalue weighted by molar-refractivity contribution is 7.84. The summed E-state index contributed by atoms with van der Waals surface area (Å²) in [6, 6.07) is 9.54. The number of aryl methyl sites for hydroxylation is 1. The Kier molecular flexibility index (Phi) is 4.23. The Balaban J connectivity index is 2.11. The molecule has 0 fully saturated rings. The molecule has 2 aromatic rings. The van der Waals surface area contributed by atoms with Crippen LogP contribution in [-0.4, -0.2) is 9.19 Å². The highest BCUT2D eigenvalue weighted by atomic mass is 32.2. The van der Waals surface area contributed by atoms with Crippen LogP contribution in [0.5, 0.6) is 0 Å². The molecule has 0 aliphatic carbocycles. The largest absolute Gasteiger partial charge is 0.417 e. The molecule has 20 heavy (non-hydrogen) atoms. The van der Waals surface area contributed by atoms with Gasteiger partial charge in [-0.1, -0.05) is 29.8 Å². The van der Waals surface area contributed by atoms with Crippen molar-refractivity contribution in [1.82, 2.24) is 4.98 Å². The minimum absolute atomic E-state index is 0.151. The van der Waals surface area contributed by atoms with Gasteiger partial charge in [-0.05, 0) is 24.6 Å². The van der Waals surface area contributed by atoms with Gasteiger partial charge in [0.1, 0.15) is 5.03 Å². The Labute approximate surface area is 117 Å². The molecule has 0 aliphatic rings. The van der Waals surface area contributed by atoms with Gasteiger partial charge in [-0.25, -0.2) is 4.98 Å². The summed E-state index contributed by atoms with van der Waals surface area (Å²) in [4.78, 5) is 3.64. The Morgan fingerprint density at radius 1 is 1.10 bits per heavy atom. The molecule has 0 bridgehead atoms. The average molecular weight is 299 g/mol. The molecule has 0 spiro atoms. The third kappa shape index (κ3) is 3.66. The summed E-state index contributed by atoms with van der Waals surface area (Å²) in [5.41, 5.74) is 1.11. The zero-order valence-electron chi connectivity index (χ0n) is 10.6. The molecule has 1 aromatic heterocycles. The first-order chi connectivity index (χ1) is 9.36. The first-order valence-corrected chi connectivity index (χ1v) is 7.15. The molecule has 0 radical (unpaired) electrons. The summed E-state index contributed by atoms with van der Waals surface area (Å²) in [5, 5.41) is 0.151. The summed E-state index contributed by atoms with van der Waals surface area (Å²) in [5.74, 6) is 0.235. The van der Waals surface area contributed by atoms with Gasteiger partial charge >= 0.3 is 6.18 Å². The lowest BCUT2D eigenvalue weighted by Crippen LogP contribution is -2.07. The van der Waals surface area contributed by atoms with Crippen molar-refractivity contribution in [1.29, 1.82) is 0 Å². The van der Waals surface area contributed by atoms with Crippen LogP contribution in [0.3, 0.4) is 0 Å². The van der Waals surface area contributed by atoms with E-state index in [0.717, 1.165) is 23.3 Å². The molecule has 6 heteroatoms. The molecule has 1 aromatic carbocycles. The summed E-state index contributed by atoms with van der Waals surface area (Å²) in [6.45, 7) is 1.94. The molecular formula is C14H12F3NOS. The van der Waals surface area contributed by atoms with Crippen LogP contribution >= 0.6 is 0 Å². The van der Waals surface area contributed by atoms with Gasteiger partial charge in [0.2, 0.25) is 0 Å². The molecule has 0 aliphatic heterocycles. The van der Waals surface area contributed by atoms with E-state index in [1.165, 1.54) is 0 Å². The maximum absolute atomic E-state index is 12.4. The lowest BCUT2D eigenvalue weighted by atomic mass is 10.2. The van der Waals surface area contributed by atoms with Crippen LogP contribution in [0.15, 0.2) is 47.6 Å². The summed E-state index contributed by atoms with van der Waals surface area (Å²) < 4.78 is 49.2. The van der Waals surface area contributed by atoms with E-state index < -0.39 is 22.5 Å². The van der Waals surface area contributed by atoms with Crippen LogP contribution in [-0.2, 0) is 22.7 Å². The first kappa shape index (κ1) is 14.7. The molecule has 106 valence electrons. The number of pyridine rings is 1. The maximum Gasteiger partial charge on any atom is 0.417 e. The Morgan fingerprint density at radius 3 is 2.25 bits per heavy atom. The van der Waals surface area contributed by atoms with Crippen molar-refractivity contribution >= 4 is 10.8 Å². The van der Waals surface area contributed by atoms with E-state index in [1.807, 2.05) is 31.2 Å². The predicted octanol–water partition coefficient (Wildman–Crippen LogP) is 3.72. The third-order valence-corrected chi connectivity index (χ3v) is 4.02. The molecule has 2 nitrogen and oxygen atoms in total. The SMILES string of the molecule is Cc1ccc(CS(=O)c2ccc(C(F)(F)F)cn2)cc1. The summed E-state index contributed by atoms with van der Waals surface area (Å²) in [7, 11) is -1.45. The molecule has 0 saturated carbocycles. The fraction of sp³-hybridized carbons (Fsp3) is 0.214. The van der Waals surface area contributed by atoms with Gasteiger partial charge in [0, 0.05) is 6.20 Å². The number of aromatic nitrogens is 1. The van der Waals surface area contributed by atoms with Crippen LogP contribution in [0, 0.1) is 6.92 Å². The van der Waals surface area contributed by atoms with Gasteiger partial charge in [0.25, 0.3) is 0 Å². The lowest BCUT2D eigenvalue weighted by Gasteiger charge is -2.07. The summed E-state index contributed by atoms with van der Waals surface area (Å²) >= 11 is 0. The van der Waals surface area contributed by atoms with E-state index >= 15 is 0 Å². The highest BCUT2D eigenvalue weighted by Crippen LogP contribution is 2.28. The van der Waals surface area contributed by atoms with Gasteiger partial charge in [-0.3, -0.25) is 4.21 Å². The minimum atomic E-state index is -4.43. The van der Waals surface area contributed by atoms with Crippen LogP contribution in [0.25, 0.3) is 0 Å². The number of rotatable bonds is 3. The van der Waals surface area contributed by atoms with Crippen LogP contribution in [0.2, 0.25) is 0 Å². The standard InChI is InChI=1S/C14H12F3NOS/c1-10-2-4-11(5-3-10)9-20(19)13-7-6-12(8-18-13)14(15,16)17/h2-8H,9H2,1H3. The molecule has 0 amide bonds. The molecular weight excluding hydrogens is 287 g/mol. The topological polar surface area (TPSA) is 30.0 Å². The van der Waals surface area contributed by atoms with Crippen molar-refractivity contribution in [3.05, 3.63) is 59.3 Å². The third-order valence-electron chi connectivity index (χ3n) is 2.72. The van der Waals surface area contributed by atoms with Gasteiger partial charge < -0.3 is 0 Å². The predicted molar refractivity (Wildman–Crippen MR) is 70.5 cm³/mol. The van der Waals surface area contributed by atoms with Gasteiger partial charge in [-0.2, -0.15) is 13.2 Å².